The maximum atomic E-state index is 12.4. The van der Waals surface area contributed by atoms with Gasteiger partial charge in [-0.2, -0.15) is 13.2 Å². The predicted octanol–water partition coefficient (Wildman–Crippen LogP) is 3.55. The molecule has 94 valence electrons. The van der Waals surface area contributed by atoms with E-state index in [1.165, 1.54) is 22.6 Å². The average molecular weight is 368 g/mol. The first-order valence-corrected chi connectivity index (χ1v) is 4.92. The highest BCUT2D eigenvalue weighted by Gasteiger charge is 2.41. The highest BCUT2D eigenvalue weighted by atomic mass is 127. The van der Waals surface area contributed by atoms with E-state index >= 15 is 0 Å². The second-order valence-corrected chi connectivity index (χ2v) is 3.94. The third-order valence-corrected chi connectivity index (χ3v) is 2.52. The van der Waals surface area contributed by atoms with Gasteiger partial charge in [-0.05, 0) is 22.6 Å². The van der Waals surface area contributed by atoms with Gasteiger partial charge in [-0.15, -0.1) is 0 Å². The first-order chi connectivity index (χ1) is 7.64. The van der Waals surface area contributed by atoms with Crippen molar-refractivity contribution in [1.82, 2.24) is 4.98 Å². The Balaban J connectivity index is 3.54. The fraction of sp³-hybridized carbons (Fsp3) is 0.286. The number of nitrogens with zero attached hydrogens (tertiary/aromatic N) is 2. The Hall–Kier alpha value is -1.07. The number of nitro groups is 1. The van der Waals surface area contributed by atoms with Crippen LogP contribution in [0.3, 0.4) is 0 Å². The molecule has 0 aliphatic heterocycles. The molecular formula is C7H2F5IN2O2. The van der Waals surface area contributed by atoms with Crippen molar-refractivity contribution in [3.05, 3.63) is 31.1 Å². The van der Waals surface area contributed by atoms with Gasteiger partial charge in [-0.25, -0.2) is 13.8 Å². The van der Waals surface area contributed by atoms with Gasteiger partial charge in [0, 0.05) is 9.64 Å². The van der Waals surface area contributed by atoms with E-state index in [0.29, 0.717) is 6.07 Å². The van der Waals surface area contributed by atoms with E-state index in [-0.39, 0.29) is 0 Å². The van der Waals surface area contributed by atoms with Gasteiger partial charge in [-0.3, -0.25) is 10.1 Å². The van der Waals surface area contributed by atoms with Crippen LogP contribution in [0.5, 0.6) is 0 Å². The molecule has 0 unspecified atom stereocenters. The topological polar surface area (TPSA) is 56.0 Å². The van der Waals surface area contributed by atoms with Crippen molar-refractivity contribution in [2.45, 2.75) is 12.6 Å². The summed E-state index contributed by atoms with van der Waals surface area (Å²) in [5, 5.41) is 10.4. The Morgan fingerprint density at radius 2 is 1.94 bits per heavy atom. The monoisotopic (exact) mass is 368 g/mol. The minimum absolute atomic E-state index is 0.391. The van der Waals surface area contributed by atoms with Crippen LogP contribution in [0.15, 0.2) is 6.07 Å². The standard InChI is InChI=1S/C7H2F5IN2O2/c8-6(9)4-2(13)1-3(15(16)17)5(14-4)7(10,11)12/h1,6H. The predicted molar refractivity (Wildman–Crippen MR) is 53.6 cm³/mol. The summed E-state index contributed by atoms with van der Waals surface area (Å²) in [6.45, 7) is 0. The summed E-state index contributed by atoms with van der Waals surface area (Å²) < 4.78 is 61.4. The van der Waals surface area contributed by atoms with Crippen molar-refractivity contribution in [2.75, 3.05) is 0 Å². The fourth-order valence-corrected chi connectivity index (χ4v) is 1.65. The van der Waals surface area contributed by atoms with Gasteiger partial charge < -0.3 is 0 Å². The van der Waals surface area contributed by atoms with Crippen LogP contribution in [0.25, 0.3) is 0 Å². The molecule has 10 heteroatoms. The number of halogens is 6. The van der Waals surface area contributed by atoms with Gasteiger partial charge in [0.1, 0.15) is 5.69 Å². The highest BCUT2D eigenvalue weighted by molar-refractivity contribution is 14.1. The van der Waals surface area contributed by atoms with Crippen molar-refractivity contribution in [3.8, 4) is 0 Å². The minimum atomic E-state index is -5.16. The summed E-state index contributed by atoms with van der Waals surface area (Å²) >= 11 is 1.27. The van der Waals surface area contributed by atoms with Crippen molar-refractivity contribution >= 4 is 28.3 Å². The molecule has 0 aliphatic rings. The van der Waals surface area contributed by atoms with Crippen molar-refractivity contribution in [2.24, 2.45) is 0 Å². The number of alkyl halides is 5. The van der Waals surface area contributed by atoms with Crippen LogP contribution < -0.4 is 0 Å². The molecule has 0 radical (unpaired) electrons. The lowest BCUT2D eigenvalue weighted by Crippen LogP contribution is -2.14. The Labute approximate surface area is 104 Å². The molecular weight excluding hydrogens is 366 g/mol. The number of rotatable bonds is 2. The summed E-state index contributed by atoms with van der Waals surface area (Å²) in [6.07, 6.45) is -8.39. The van der Waals surface area contributed by atoms with Crippen LogP contribution >= 0.6 is 22.6 Å². The van der Waals surface area contributed by atoms with Crippen LogP contribution in [-0.4, -0.2) is 9.91 Å². The van der Waals surface area contributed by atoms with E-state index in [4.69, 9.17) is 0 Å². The molecule has 0 saturated heterocycles. The summed E-state index contributed by atoms with van der Waals surface area (Å²) in [5.41, 5.74) is -4.38. The van der Waals surface area contributed by atoms with Crippen LogP contribution in [0.4, 0.5) is 27.6 Å². The van der Waals surface area contributed by atoms with E-state index in [9.17, 15) is 32.1 Å². The van der Waals surface area contributed by atoms with Gasteiger partial charge in [-0.1, -0.05) is 0 Å². The van der Waals surface area contributed by atoms with Crippen LogP contribution in [-0.2, 0) is 6.18 Å². The first kappa shape index (κ1) is 14.0. The highest BCUT2D eigenvalue weighted by Crippen LogP contribution is 2.37. The lowest BCUT2D eigenvalue weighted by atomic mass is 10.2. The molecule has 0 atom stereocenters. The smallest absolute Gasteiger partial charge is 0.258 e. The number of pyridine rings is 1. The van der Waals surface area contributed by atoms with Gasteiger partial charge >= 0.3 is 11.9 Å². The normalized spacial score (nSPS) is 11.9. The molecule has 1 heterocycles. The maximum Gasteiger partial charge on any atom is 0.440 e. The quantitative estimate of drug-likeness (QED) is 0.347. The molecule has 0 spiro atoms. The molecule has 0 amide bonds. The Morgan fingerprint density at radius 3 is 2.29 bits per heavy atom. The van der Waals surface area contributed by atoms with Gasteiger partial charge in [0.05, 0.1) is 4.92 Å². The maximum absolute atomic E-state index is 12.4. The summed E-state index contributed by atoms with van der Waals surface area (Å²) in [5.74, 6) is 0. The van der Waals surface area contributed by atoms with Crippen molar-refractivity contribution in [3.63, 3.8) is 0 Å². The SMILES string of the molecule is O=[N+]([O-])c1cc(I)c(C(F)F)nc1C(F)(F)F. The third-order valence-electron chi connectivity index (χ3n) is 1.65. The number of aromatic nitrogens is 1. The number of hydrogen-bond acceptors (Lipinski definition) is 3. The van der Waals surface area contributed by atoms with E-state index < -0.39 is 38.2 Å². The fourth-order valence-electron chi connectivity index (χ4n) is 0.994. The van der Waals surface area contributed by atoms with Gasteiger partial charge in [0.15, 0.2) is 0 Å². The van der Waals surface area contributed by atoms with Crippen molar-refractivity contribution < 1.29 is 26.9 Å². The second-order valence-electron chi connectivity index (χ2n) is 2.78. The summed E-state index contributed by atoms with van der Waals surface area (Å²) in [4.78, 5) is 11.7. The molecule has 4 nitrogen and oxygen atoms in total. The first-order valence-electron chi connectivity index (χ1n) is 3.84. The van der Waals surface area contributed by atoms with Gasteiger partial charge in [0.2, 0.25) is 5.69 Å². The van der Waals surface area contributed by atoms with Crippen LogP contribution in [0, 0.1) is 13.7 Å². The zero-order valence-electron chi connectivity index (χ0n) is 7.63. The Bertz CT molecular complexity index is 462. The molecule has 0 aromatic carbocycles. The van der Waals surface area contributed by atoms with Crippen LogP contribution in [0.1, 0.15) is 17.8 Å². The zero-order valence-corrected chi connectivity index (χ0v) is 9.79. The van der Waals surface area contributed by atoms with E-state index in [2.05, 4.69) is 4.98 Å². The molecule has 0 bridgehead atoms. The second kappa shape index (κ2) is 4.66. The minimum Gasteiger partial charge on any atom is -0.258 e. The average Bonchev–Trinajstić information content (AvgIpc) is 2.14. The lowest BCUT2D eigenvalue weighted by Gasteiger charge is -2.09. The summed E-state index contributed by atoms with van der Waals surface area (Å²) in [6, 6.07) is 0.428. The van der Waals surface area contributed by atoms with E-state index in [1.54, 1.807) is 0 Å². The molecule has 0 saturated carbocycles. The van der Waals surface area contributed by atoms with Gasteiger partial charge in [0.25, 0.3) is 6.43 Å². The molecule has 0 aliphatic carbocycles. The molecule has 0 fully saturated rings. The van der Waals surface area contributed by atoms with E-state index in [1.807, 2.05) is 0 Å². The molecule has 1 aromatic rings. The van der Waals surface area contributed by atoms with Crippen LogP contribution in [0.2, 0.25) is 0 Å². The molecule has 0 N–H and O–H groups in total. The number of hydrogen-bond donors (Lipinski definition) is 0. The van der Waals surface area contributed by atoms with E-state index in [0.717, 1.165) is 0 Å². The van der Waals surface area contributed by atoms with Crippen molar-refractivity contribution in [1.29, 1.82) is 0 Å². The third kappa shape index (κ3) is 2.98. The summed E-state index contributed by atoms with van der Waals surface area (Å²) in [7, 11) is 0. The lowest BCUT2D eigenvalue weighted by molar-refractivity contribution is -0.388. The Morgan fingerprint density at radius 1 is 1.41 bits per heavy atom. The Kier molecular flexibility index (Phi) is 3.84. The molecule has 17 heavy (non-hydrogen) atoms. The molecule has 1 aromatic heterocycles. The zero-order chi connectivity index (χ0) is 13.4. The largest absolute Gasteiger partial charge is 0.440 e. The molecule has 1 rings (SSSR count).